The second-order valence-corrected chi connectivity index (χ2v) is 9.31. The molecule has 0 amide bonds. The number of hydrogen-bond donors (Lipinski definition) is 0. The molecule has 1 aromatic rings. The summed E-state index contributed by atoms with van der Waals surface area (Å²) in [6.07, 6.45) is 27.1. The molecule has 0 saturated carbocycles. The van der Waals surface area contributed by atoms with Crippen LogP contribution in [-0.2, 0) is 6.42 Å². The molecule has 0 aromatic carbocycles. The molecule has 1 heteroatoms. The highest BCUT2D eigenvalue weighted by Gasteiger charge is 1.96. The van der Waals surface area contributed by atoms with Crippen molar-refractivity contribution < 1.29 is 4.42 Å². The second-order valence-electron chi connectivity index (χ2n) is 9.31. The molecule has 0 atom stereocenters. The van der Waals surface area contributed by atoms with E-state index in [1.165, 1.54) is 65.5 Å². The van der Waals surface area contributed by atoms with E-state index in [2.05, 4.69) is 78.0 Å². The molecule has 0 fully saturated rings. The van der Waals surface area contributed by atoms with Crippen molar-refractivity contribution >= 4 is 0 Å². The van der Waals surface area contributed by atoms with Crippen LogP contribution in [0.25, 0.3) is 0 Å². The summed E-state index contributed by atoms with van der Waals surface area (Å²) in [6, 6.07) is 2.05. The zero-order valence-corrected chi connectivity index (χ0v) is 21.1. The summed E-state index contributed by atoms with van der Waals surface area (Å²) < 4.78 is 5.12. The van der Waals surface area contributed by atoms with E-state index in [1.54, 1.807) is 6.26 Å². The fraction of sp³-hybridized carbons (Fsp3) is 0.533. The minimum absolute atomic E-state index is 1.07. The predicted octanol–water partition coefficient (Wildman–Crippen LogP) is 10.1. The summed E-state index contributed by atoms with van der Waals surface area (Å²) in [7, 11) is 0. The van der Waals surface area contributed by atoms with Crippen molar-refractivity contribution in [3.05, 3.63) is 82.4 Å². The van der Waals surface area contributed by atoms with Crippen LogP contribution in [0.15, 0.2) is 81.3 Å². The van der Waals surface area contributed by atoms with E-state index < -0.39 is 0 Å². The summed E-state index contributed by atoms with van der Waals surface area (Å²) in [6.45, 7) is 13.4. The monoisotopic (exact) mass is 422 g/mol. The highest BCUT2D eigenvalue weighted by atomic mass is 16.3. The van der Waals surface area contributed by atoms with Gasteiger partial charge in [-0.1, -0.05) is 58.2 Å². The van der Waals surface area contributed by atoms with E-state index in [-0.39, 0.29) is 0 Å². The number of allylic oxidation sites excluding steroid dienone is 10. The van der Waals surface area contributed by atoms with Gasteiger partial charge in [0, 0.05) is 0 Å². The summed E-state index contributed by atoms with van der Waals surface area (Å²) >= 11 is 0. The normalized spacial score (nSPS) is 13.6. The lowest BCUT2D eigenvalue weighted by Gasteiger charge is -2.03. The standard InChI is InChI=1S/C30H46O/c1-25(2)12-7-13-26(3)14-8-15-27(4)16-9-17-28(5)18-10-19-29(6)20-11-21-30-22-23-31-24-30/h12,14,16,18,20,22-24H,7-11,13,15,17,19,21H2,1-6H3. The van der Waals surface area contributed by atoms with Gasteiger partial charge < -0.3 is 4.42 Å². The van der Waals surface area contributed by atoms with E-state index in [9.17, 15) is 0 Å². The Balaban J connectivity index is 2.19. The first-order valence-electron chi connectivity index (χ1n) is 12.1. The lowest BCUT2D eigenvalue weighted by Crippen LogP contribution is -1.84. The second kappa shape index (κ2) is 16.6. The van der Waals surface area contributed by atoms with Gasteiger partial charge in [-0.2, -0.15) is 0 Å². The van der Waals surface area contributed by atoms with Gasteiger partial charge in [0.1, 0.15) is 0 Å². The molecule has 0 aliphatic rings. The van der Waals surface area contributed by atoms with E-state index in [4.69, 9.17) is 4.42 Å². The Bertz CT molecular complexity index is 746. The quantitative estimate of drug-likeness (QED) is 0.256. The van der Waals surface area contributed by atoms with E-state index in [0.717, 1.165) is 32.1 Å². The number of aryl methyl sites for hydroxylation is 1. The van der Waals surface area contributed by atoms with Gasteiger partial charge in [-0.05, 0) is 117 Å². The summed E-state index contributed by atoms with van der Waals surface area (Å²) in [4.78, 5) is 0. The molecule has 0 aliphatic heterocycles. The number of hydrogen-bond acceptors (Lipinski definition) is 1. The summed E-state index contributed by atoms with van der Waals surface area (Å²) in [5.41, 5.74) is 8.77. The fourth-order valence-electron chi connectivity index (χ4n) is 3.56. The number of furan rings is 1. The van der Waals surface area contributed by atoms with Crippen molar-refractivity contribution in [1.82, 2.24) is 0 Å². The van der Waals surface area contributed by atoms with Crippen molar-refractivity contribution in [3.8, 4) is 0 Å². The van der Waals surface area contributed by atoms with Crippen LogP contribution in [0.1, 0.15) is 105 Å². The van der Waals surface area contributed by atoms with Crippen molar-refractivity contribution in [2.45, 2.75) is 106 Å². The van der Waals surface area contributed by atoms with E-state index in [1.807, 2.05) is 6.26 Å². The Morgan fingerprint density at radius 2 is 1.03 bits per heavy atom. The van der Waals surface area contributed by atoms with Crippen molar-refractivity contribution in [2.24, 2.45) is 0 Å². The topological polar surface area (TPSA) is 13.1 Å². The van der Waals surface area contributed by atoms with Crippen LogP contribution in [0, 0.1) is 0 Å². The maximum absolute atomic E-state index is 5.12. The van der Waals surface area contributed by atoms with E-state index in [0.29, 0.717) is 0 Å². The van der Waals surface area contributed by atoms with Crippen molar-refractivity contribution in [3.63, 3.8) is 0 Å². The molecule has 172 valence electrons. The Labute approximate surface area is 192 Å². The Hall–Kier alpha value is -2.02. The maximum atomic E-state index is 5.12. The van der Waals surface area contributed by atoms with Crippen molar-refractivity contribution in [2.75, 3.05) is 0 Å². The van der Waals surface area contributed by atoms with Gasteiger partial charge in [-0.25, -0.2) is 0 Å². The van der Waals surface area contributed by atoms with Crippen molar-refractivity contribution in [1.29, 1.82) is 0 Å². The van der Waals surface area contributed by atoms with Crippen LogP contribution in [-0.4, -0.2) is 0 Å². The predicted molar refractivity (Wildman–Crippen MR) is 138 cm³/mol. The van der Waals surface area contributed by atoms with Crippen LogP contribution >= 0.6 is 0 Å². The molecule has 0 radical (unpaired) electrons. The minimum Gasteiger partial charge on any atom is -0.472 e. The van der Waals surface area contributed by atoms with Gasteiger partial charge in [0.05, 0.1) is 12.5 Å². The van der Waals surface area contributed by atoms with Crippen LogP contribution in [0.2, 0.25) is 0 Å². The molecule has 1 heterocycles. The molecule has 0 N–H and O–H groups in total. The molecule has 0 spiro atoms. The Morgan fingerprint density at radius 1 is 0.613 bits per heavy atom. The molecule has 0 saturated heterocycles. The molecule has 0 unspecified atom stereocenters. The highest BCUT2D eigenvalue weighted by Crippen LogP contribution is 2.15. The van der Waals surface area contributed by atoms with Gasteiger partial charge in [0.15, 0.2) is 0 Å². The van der Waals surface area contributed by atoms with Gasteiger partial charge >= 0.3 is 0 Å². The van der Waals surface area contributed by atoms with Crippen LogP contribution < -0.4 is 0 Å². The van der Waals surface area contributed by atoms with Crippen LogP contribution in [0.5, 0.6) is 0 Å². The van der Waals surface area contributed by atoms with Gasteiger partial charge in [0.2, 0.25) is 0 Å². The lowest BCUT2D eigenvalue weighted by molar-refractivity contribution is 0.564. The van der Waals surface area contributed by atoms with Crippen LogP contribution in [0.3, 0.4) is 0 Å². The third-order valence-corrected chi connectivity index (χ3v) is 5.69. The first-order chi connectivity index (χ1) is 14.9. The molecule has 31 heavy (non-hydrogen) atoms. The number of rotatable bonds is 15. The molecule has 0 bridgehead atoms. The third-order valence-electron chi connectivity index (χ3n) is 5.69. The molecule has 1 nitrogen and oxygen atoms in total. The van der Waals surface area contributed by atoms with Gasteiger partial charge in [-0.15, -0.1) is 0 Å². The Kier molecular flexibility index (Phi) is 14.5. The third kappa shape index (κ3) is 15.4. The summed E-state index contributed by atoms with van der Waals surface area (Å²) in [5.74, 6) is 0. The Morgan fingerprint density at radius 3 is 1.42 bits per heavy atom. The smallest absolute Gasteiger partial charge is 0.0934 e. The molecule has 1 aromatic heterocycles. The minimum atomic E-state index is 1.07. The maximum Gasteiger partial charge on any atom is 0.0934 e. The van der Waals surface area contributed by atoms with Gasteiger partial charge in [0.25, 0.3) is 0 Å². The molecular formula is C30H46O. The highest BCUT2D eigenvalue weighted by molar-refractivity contribution is 5.10. The van der Waals surface area contributed by atoms with E-state index >= 15 is 0 Å². The first kappa shape index (κ1) is 27.0. The van der Waals surface area contributed by atoms with Gasteiger partial charge in [-0.3, -0.25) is 0 Å². The molecule has 0 aliphatic carbocycles. The molecular weight excluding hydrogens is 376 g/mol. The first-order valence-corrected chi connectivity index (χ1v) is 12.1. The molecule has 1 rings (SSSR count). The zero-order valence-electron chi connectivity index (χ0n) is 21.1. The zero-order chi connectivity index (χ0) is 22.9. The van der Waals surface area contributed by atoms with Crippen LogP contribution in [0.4, 0.5) is 0 Å². The fourth-order valence-corrected chi connectivity index (χ4v) is 3.56. The largest absolute Gasteiger partial charge is 0.472 e. The lowest BCUT2D eigenvalue weighted by atomic mass is 10.0. The average Bonchev–Trinajstić information content (AvgIpc) is 3.21. The SMILES string of the molecule is CC(C)=CCCC(C)=CCCC(C)=CCCC(C)=CCCC(C)=CCCc1ccoc1. The summed E-state index contributed by atoms with van der Waals surface area (Å²) in [5, 5.41) is 0. The average molecular weight is 423 g/mol.